The molecule has 0 radical (unpaired) electrons. The number of anilines is 1. The van der Waals surface area contributed by atoms with Crippen LogP contribution >= 0.6 is 11.6 Å². The number of nitrogens with one attached hydrogen (secondary N) is 1. The van der Waals surface area contributed by atoms with Crippen LogP contribution in [0.3, 0.4) is 0 Å². The lowest BCUT2D eigenvalue weighted by atomic mass is 9.96. The molecule has 0 aromatic heterocycles. The summed E-state index contributed by atoms with van der Waals surface area (Å²) in [6.45, 7) is 6.68. The van der Waals surface area contributed by atoms with E-state index in [0.29, 0.717) is 47.1 Å². The van der Waals surface area contributed by atoms with Gasteiger partial charge in [-0.25, -0.2) is 0 Å². The molecular formula is C25H39ClN4O4. The lowest BCUT2D eigenvalue weighted by Gasteiger charge is -2.40. The number of benzene rings is 1. The quantitative estimate of drug-likeness (QED) is 0.538. The number of ether oxygens (including phenoxy) is 2. The number of hydrogen-bond donors (Lipinski definition) is 2. The zero-order valence-corrected chi connectivity index (χ0v) is 21.6. The van der Waals surface area contributed by atoms with E-state index in [0.717, 1.165) is 38.8 Å². The van der Waals surface area contributed by atoms with Crippen LogP contribution in [-0.4, -0.2) is 79.7 Å². The number of halogens is 1. The molecule has 34 heavy (non-hydrogen) atoms. The van der Waals surface area contributed by atoms with Gasteiger partial charge in [-0.15, -0.1) is 0 Å². The fraction of sp³-hybridized carbons (Fsp3) is 0.680. The summed E-state index contributed by atoms with van der Waals surface area (Å²) in [6, 6.07) is 3.63. The van der Waals surface area contributed by atoms with E-state index in [1.54, 1.807) is 13.2 Å². The first-order valence-corrected chi connectivity index (χ1v) is 12.6. The lowest BCUT2D eigenvalue weighted by molar-refractivity contribution is -0.137. The van der Waals surface area contributed by atoms with Crippen LogP contribution in [0.2, 0.25) is 5.02 Å². The van der Waals surface area contributed by atoms with Crippen LogP contribution in [0.1, 0.15) is 62.7 Å². The third-order valence-electron chi connectivity index (χ3n) is 7.17. The third-order valence-corrected chi connectivity index (χ3v) is 7.50. The Kier molecular flexibility index (Phi) is 9.45. The van der Waals surface area contributed by atoms with Crippen molar-refractivity contribution in [2.45, 2.75) is 76.6 Å². The Hall–Kier alpha value is -2.03. The maximum absolute atomic E-state index is 12.9. The minimum absolute atomic E-state index is 0.133. The number of methoxy groups -OCH3 is 2. The van der Waals surface area contributed by atoms with Gasteiger partial charge in [-0.3, -0.25) is 9.59 Å². The summed E-state index contributed by atoms with van der Waals surface area (Å²) in [5.74, 6) is 0.378. The number of carbonyl (C=O) groups excluding carboxylic acids is 2. The minimum Gasteiger partial charge on any atom is -0.496 e. The highest BCUT2D eigenvalue weighted by atomic mass is 35.5. The van der Waals surface area contributed by atoms with E-state index in [-0.39, 0.29) is 24.0 Å². The molecule has 3 rings (SSSR count). The molecule has 2 saturated heterocycles. The van der Waals surface area contributed by atoms with E-state index in [9.17, 15) is 9.59 Å². The van der Waals surface area contributed by atoms with Crippen molar-refractivity contribution in [3.8, 4) is 5.75 Å². The molecule has 3 N–H and O–H groups in total. The molecule has 2 amide bonds. The number of nitrogen functional groups attached to an aromatic ring is 1. The van der Waals surface area contributed by atoms with Crippen molar-refractivity contribution >= 4 is 29.1 Å². The fourth-order valence-corrected chi connectivity index (χ4v) is 5.41. The van der Waals surface area contributed by atoms with E-state index in [2.05, 4.69) is 29.0 Å². The van der Waals surface area contributed by atoms with Gasteiger partial charge in [0.1, 0.15) is 5.75 Å². The van der Waals surface area contributed by atoms with Crippen LogP contribution in [0.5, 0.6) is 5.75 Å². The van der Waals surface area contributed by atoms with E-state index >= 15 is 0 Å². The third kappa shape index (κ3) is 6.34. The number of nitrogens with two attached hydrogens (primary N) is 1. The highest BCUT2D eigenvalue weighted by Crippen LogP contribution is 2.29. The zero-order chi connectivity index (χ0) is 24.8. The smallest absolute Gasteiger partial charge is 0.255 e. The molecule has 2 fully saturated rings. The van der Waals surface area contributed by atoms with Crippen LogP contribution in [0.25, 0.3) is 0 Å². The van der Waals surface area contributed by atoms with Gasteiger partial charge in [-0.05, 0) is 58.6 Å². The van der Waals surface area contributed by atoms with Crippen LogP contribution < -0.4 is 15.8 Å². The Morgan fingerprint density at radius 3 is 2.53 bits per heavy atom. The van der Waals surface area contributed by atoms with E-state index in [4.69, 9.17) is 26.8 Å². The number of carbonyl (C=O) groups is 2. The summed E-state index contributed by atoms with van der Waals surface area (Å²) in [5, 5.41) is 3.39. The summed E-state index contributed by atoms with van der Waals surface area (Å²) in [4.78, 5) is 30.1. The second kappa shape index (κ2) is 12.1. The topological polar surface area (TPSA) is 97.1 Å². The average molecular weight is 495 g/mol. The van der Waals surface area contributed by atoms with E-state index in [1.807, 2.05) is 0 Å². The molecule has 9 heteroatoms. The van der Waals surface area contributed by atoms with Gasteiger partial charge in [-0.2, -0.15) is 0 Å². The van der Waals surface area contributed by atoms with Gasteiger partial charge < -0.3 is 30.3 Å². The van der Waals surface area contributed by atoms with Crippen molar-refractivity contribution in [1.82, 2.24) is 15.1 Å². The molecule has 4 atom stereocenters. The van der Waals surface area contributed by atoms with Gasteiger partial charge in [0.2, 0.25) is 5.91 Å². The maximum Gasteiger partial charge on any atom is 0.255 e. The van der Waals surface area contributed by atoms with Crippen LogP contribution in [0, 0.1) is 0 Å². The van der Waals surface area contributed by atoms with E-state index < -0.39 is 0 Å². The van der Waals surface area contributed by atoms with Crippen LogP contribution in [0.4, 0.5) is 5.69 Å². The van der Waals surface area contributed by atoms with Gasteiger partial charge in [-0.1, -0.05) is 11.6 Å². The molecule has 2 unspecified atom stereocenters. The summed E-state index contributed by atoms with van der Waals surface area (Å²) in [6.07, 6.45) is 5.39. The summed E-state index contributed by atoms with van der Waals surface area (Å²) in [7, 11) is 3.16. The average Bonchev–Trinajstić information content (AvgIpc) is 2.81. The highest BCUT2D eigenvalue weighted by molar-refractivity contribution is 6.33. The summed E-state index contributed by atoms with van der Waals surface area (Å²) < 4.78 is 11.0. The number of hydrogen-bond acceptors (Lipinski definition) is 6. The van der Waals surface area contributed by atoms with Crippen LogP contribution in [-0.2, 0) is 9.53 Å². The molecule has 0 bridgehead atoms. The van der Waals surface area contributed by atoms with Crippen molar-refractivity contribution in [3.63, 3.8) is 0 Å². The second-order valence-corrected chi connectivity index (χ2v) is 9.96. The number of rotatable bonds is 8. The standard InChI is InChI=1S/C25H39ClN4O4/c1-16-7-5-8-17(2)30(16)24(31)9-6-11-29-12-10-21(23(15-29)34-4)28-25(32)18-13-19(26)20(27)14-22(18)33-3/h13-14,16-17,21,23H,5-12,15,27H2,1-4H3,(H,28,32)/t16?,17?,21-,23+/m0/s1. The lowest BCUT2D eigenvalue weighted by Crippen LogP contribution is -2.55. The molecule has 0 aliphatic carbocycles. The molecule has 0 spiro atoms. The largest absolute Gasteiger partial charge is 0.496 e. The van der Waals surface area contributed by atoms with Gasteiger partial charge in [0.05, 0.1) is 35.5 Å². The van der Waals surface area contributed by atoms with Crippen molar-refractivity contribution in [2.24, 2.45) is 0 Å². The Bertz CT molecular complexity index is 858. The fourth-order valence-electron chi connectivity index (χ4n) is 5.25. The molecule has 190 valence electrons. The van der Waals surface area contributed by atoms with Crippen molar-refractivity contribution in [1.29, 1.82) is 0 Å². The monoisotopic (exact) mass is 494 g/mol. The molecule has 2 aliphatic rings. The maximum atomic E-state index is 12.9. The van der Waals surface area contributed by atoms with Crippen molar-refractivity contribution < 1.29 is 19.1 Å². The van der Waals surface area contributed by atoms with Gasteiger partial charge in [0.15, 0.2) is 0 Å². The number of likely N-dealkylation sites (tertiary alicyclic amines) is 2. The van der Waals surface area contributed by atoms with Gasteiger partial charge in [0, 0.05) is 44.8 Å². The second-order valence-electron chi connectivity index (χ2n) is 9.55. The number of nitrogens with zero attached hydrogens (tertiary/aromatic N) is 2. The molecule has 8 nitrogen and oxygen atoms in total. The van der Waals surface area contributed by atoms with Gasteiger partial charge >= 0.3 is 0 Å². The first-order valence-electron chi connectivity index (χ1n) is 12.2. The Labute approximate surface area is 208 Å². The zero-order valence-electron chi connectivity index (χ0n) is 20.8. The molecule has 1 aromatic carbocycles. The number of piperidine rings is 2. The highest BCUT2D eigenvalue weighted by Gasteiger charge is 2.32. The number of amides is 2. The van der Waals surface area contributed by atoms with E-state index in [1.165, 1.54) is 19.6 Å². The Morgan fingerprint density at radius 2 is 1.88 bits per heavy atom. The Balaban J connectivity index is 1.51. The summed E-state index contributed by atoms with van der Waals surface area (Å²) in [5.41, 5.74) is 6.54. The SMILES string of the molecule is COc1cc(N)c(Cl)cc1C(=O)N[C@H]1CCN(CCCC(=O)N2C(C)CCCC2C)C[C@H]1OC. The predicted octanol–water partition coefficient (Wildman–Crippen LogP) is 3.32. The molecule has 2 heterocycles. The first kappa shape index (κ1) is 26.6. The normalized spacial score (nSPS) is 25.7. The van der Waals surface area contributed by atoms with Crippen LogP contribution in [0.15, 0.2) is 12.1 Å². The molecule has 0 saturated carbocycles. The van der Waals surface area contributed by atoms with Crippen molar-refractivity contribution in [2.75, 3.05) is 39.6 Å². The van der Waals surface area contributed by atoms with Gasteiger partial charge in [0.25, 0.3) is 5.91 Å². The Morgan fingerprint density at radius 1 is 1.18 bits per heavy atom. The predicted molar refractivity (Wildman–Crippen MR) is 134 cm³/mol. The summed E-state index contributed by atoms with van der Waals surface area (Å²) >= 11 is 6.12. The molecule has 2 aliphatic heterocycles. The molecular weight excluding hydrogens is 456 g/mol. The first-order chi connectivity index (χ1) is 16.2. The molecule has 1 aromatic rings. The van der Waals surface area contributed by atoms with Crippen molar-refractivity contribution in [3.05, 3.63) is 22.7 Å². The minimum atomic E-state index is -0.269.